The minimum Gasteiger partial charge on any atom is -0.386 e. The van der Waals surface area contributed by atoms with E-state index in [2.05, 4.69) is 4.74 Å². The molecule has 0 aliphatic carbocycles. The Hall–Kier alpha value is -1.71. The highest BCUT2D eigenvalue weighted by atomic mass is 19.0. The van der Waals surface area contributed by atoms with Gasteiger partial charge in [-0.15, -0.1) is 0 Å². The lowest BCUT2D eigenvalue weighted by atomic mass is 10.1. The molecule has 1 aromatic carbocycles. The molecule has 1 aliphatic rings. The third-order valence-corrected chi connectivity index (χ3v) is 1.55. The minimum absolute atomic E-state index is 0. The van der Waals surface area contributed by atoms with Crippen LogP contribution in [0.2, 0.25) is 0 Å². The summed E-state index contributed by atoms with van der Waals surface area (Å²) in [4.78, 5) is 21.7. The topological polar surface area (TPSA) is 43.4 Å². The Bertz CT molecular complexity index is 313. The predicted octanol–water partition coefficient (Wildman–Crippen LogP) is 1.15. The maximum absolute atomic E-state index is 10.8. The van der Waals surface area contributed by atoms with Crippen LogP contribution < -0.4 is 0 Å². The number of esters is 2. The molecule has 12 heavy (non-hydrogen) atoms. The lowest BCUT2D eigenvalue weighted by Crippen LogP contribution is -1.96. The van der Waals surface area contributed by atoms with E-state index < -0.39 is 11.9 Å². The van der Waals surface area contributed by atoms with Gasteiger partial charge in [-0.3, -0.25) is 4.70 Å². The van der Waals surface area contributed by atoms with Crippen LogP contribution in [-0.2, 0) is 4.74 Å². The summed E-state index contributed by atoms with van der Waals surface area (Å²) in [6.07, 6.45) is 0. The average molecular weight is 168 g/mol. The second kappa shape index (κ2) is 2.73. The first kappa shape index (κ1) is 8.39. The van der Waals surface area contributed by atoms with Crippen LogP contribution in [0.15, 0.2) is 24.3 Å². The van der Waals surface area contributed by atoms with E-state index in [0.717, 1.165) is 0 Å². The van der Waals surface area contributed by atoms with Crippen molar-refractivity contribution in [3.05, 3.63) is 35.4 Å². The first-order valence-electron chi connectivity index (χ1n) is 3.14. The highest BCUT2D eigenvalue weighted by Crippen LogP contribution is 2.18. The fourth-order valence-corrected chi connectivity index (χ4v) is 1.03. The zero-order valence-electron chi connectivity index (χ0n) is 5.94. The molecule has 1 heterocycles. The van der Waals surface area contributed by atoms with Gasteiger partial charge in [0, 0.05) is 0 Å². The standard InChI is InChI=1S/C8H4O3.FH/c9-7-5-3-1-2-4-6(5)8(10)11-7;/h1-4H;1H. The summed E-state index contributed by atoms with van der Waals surface area (Å²) in [6, 6.07) is 6.53. The van der Waals surface area contributed by atoms with Gasteiger partial charge >= 0.3 is 11.9 Å². The van der Waals surface area contributed by atoms with Crippen LogP contribution in [0.4, 0.5) is 4.70 Å². The highest BCUT2D eigenvalue weighted by Gasteiger charge is 2.28. The molecule has 0 bridgehead atoms. The van der Waals surface area contributed by atoms with Crippen LogP contribution >= 0.6 is 0 Å². The van der Waals surface area contributed by atoms with E-state index in [4.69, 9.17) is 0 Å². The number of carbonyl (C=O) groups excluding carboxylic acids is 2. The van der Waals surface area contributed by atoms with E-state index in [-0.39, 0.29) is 4.70 Å². The third-order valence-electron chi connectivity index (χ3n) is 1.55. The maximum Gasteiger partial charge on any atom is 0.346 e. The predicted molar refractivity (Wildman–Crippen MR) is 38.7 cm³/mol. The normalized spacial score (nSPS) is 13.3. The fraction of sp³-hybridized carbons (Fsp3) is 0. The maximum atomic E-state index is 10.8. The quantitative estimate of drug-likeness (QED) is 0.431. The molecule has 0 spiro atoms. The Balaban J connectivity index is 0.000000720. The van der Waals surface area contributed by atoms with Crippen molar-refractivity contribution in [3.8, 4) is 0 Å². The Morgan fingerprint density at radius 3 is 1.75 bits per heavy atom. The average Bonchev–Trinajstić information content (AvgIpc) is 2.30. The lowest BCUT2D eigenvalue weighted by Gasteiger charge is -1.86. The number of rotatable bonds is 0. The van der Waals surface area contributed by atoms with Crippen molar-refractivity contribution in [1.29, 1.82) is 0 Å². The second-order valence-corrected chi connectivity index (χ2v) is 2.22. The number of fused-ring (bicyclic) bond motifs is 1. The summed E-state index contributed by atoms with van der Waals surface area (Å²) >= 11 is 0. The molecular weight excluding hydrogens is 163 g/mol. The van der Waals surface area contributed by atoms with Gasteiger partial charge in [-0.05, 0) is 12.1 Å². The molecule has 1 aromatic rings. The summed E-state index contributed by atoms with van der Waals surface area (Å²) in [7, 11) is 0. The van der Waals surface area contributed by atoms with Gasteiger partial charge in [-0.1, -0.05) is 12.1 Å². The largest absolute Gasteiger partial charge is 0.386 e. The highest BCUT2D eigenvalue weighted by molar-refractivity contribution is 6.14. The Labute approximate surface area is 67.3 Å². The van der Waals surface area contributed by atoms with Crippen molar-refractivity contribution < 1.29 is 19.0 Å². The molecule has 62 valence electrons. The zero-order valence-corrected chi connectivity index (χ0v) is 5.94. The SMILES string of the molecule is F.O=C1OC(=O)c2ccccc21. The molecule has 0 N–H and O–H groups in total. The van der Waals surface area contributed by atoms with Gasteiger partial charge in [0.1, 0.15) is 0 Å². The minimum atomic E-state index is -0.550. The lowest BCUT2D eigenvalue weighted by molar-refractivity contribution is 0.0444. The molecule has 0 aromatic heterocycles. The zero-order chi connectivity index (χ0) is 7.84. The van der Waals surface area contributed by atoms with Crippen LogP contribution in [0.3, 0.4) is 0 Å². The van der Waals surface area contributed by atoms with Crippen molar-refractivity contribution in [2.75, 3.05) is 0 Å². The van der Waals surface area contributed by atoms with Gasteiger partial charge in [0.2, 0.25) is 0 Å². The molecule has 0 saturated carbocycles. The van der Waals surface area contributed by atoms with E-state index in [1.807, 2.05) is 0 Å². The van der Waals surface area contributed by atoms with E-state index in [0.29, 0.717) is 11.1 Å². The molecule has 0 fully saturated rings. The summed E-state index contributed by atoms with van der Waals surface area (Å²) in [6.45, 7) is 0. The monoisotopic (exact) mass is 168 g/mol. The van der Waals surface area contributed by atoms with Crippen molar-refractivity contribution in [1.82, 2.24) is 0 Å². The Morgan fingerprint density at radius 1 is 0.917 bits per heavy atom. The number of carbonyl (C=O) groups is 2. The molecule has 0 radical (unpaired) electrons. The molecule has 3 nitrogen and oxygen atoms in total. The first-order chi connectivity index (χ1) is 5.29. The molecular formula is C8H5FO3. The number of ether oxygens (including phenoxy) is 1. The molecule has 4 heteroatoms. The van der Waals surface area contributed by atoms with Gasteiger partial charge < -0.3 is 4.74 Å². The van der Waals surface area contributed by atoms with Crippen LogP contribution in [0, 0.1) is 0 Å². The second-order valence-electron chi connectivity index (χ2n) is 2.22. The van der Waals surface area contributed by atoms with Gasteiger partial charge in [0.05, 0.1) is 11.1 Å². The summed E-state index contributed by atoms with van der Waals surface area (Å²) in [5, 5.41) is 0. The van der Waals surface area contributed by atoms with Crippen LogP contribution in [0.25, 0.3) is 0 Å². The third kappa shape index (κ3) is 0.972. The number of halogens is 1. The van der Waals surface area contributed by atoms with E-state index >= 15 is 0 Å². The Kier molecular flexibility index (Phi) is 1.91. The number of cyclic esters (lactones) is 2. The smallest absolute Gasteiger partial charge is 0.346 e. The molecule has 0 unspecified atom stereocenters. The van der Waals surface area contributed by atoms with Crippen molar-refractivity contribution in [2.24, 2.45) is 0 Å². The van der Waals surface area contributed by atoms with E-state index in [1.54, 1.807) is 24.3 Å². The number of benzene rings is 1. The van der Waals surface area contributed by atoms with Crippen LogP contribution in [0.1, 0.15) is 20.7 Å². The molecule has 1 aliphatic heterocycles. The first-order valence-corrected chi connectivity index (χ1v) is 3.14. The summed E-state index contributed by atoms with van der Waals surface area (Å²) < 4.78 is 4.35. The van der Waals surface area contributed by atoms with Crippen molar-refractivity contribution in [2.45, 2.75) is 0 Å². The van der Waals surface area contributed by atoms with Crippen LogP contribution in [-0.4, -0.2) is 11.9 Å². The fourth-order valence-electron chi connectivity index (χ4n) is 1.03. The summed E-state index contributed by atoms with van der Waals surface area (Å²) in [5.41, 5.74) is 0.718. The Morgan fingerprint density at radius 2 is 1.33 bits per heavy atom. The van der Waals surface area contributed by atoms with Crippen LogP contribution in [0.5, 0.6) is 0 Å². The van der Waals surface area contributed by atoms with Gasteiger partial charge in [0.15, 0.2) is 0 Å². The van der Waals surface area contributed by atoms with Crippen molar-refractivity contribution in [3.63, 3.8) is 0 Å². The van der Waals surface area contributed by atoms with Crippen molar-refractivity contribution >= 4 is 11.9 Å². The summed E-state index contributed by atoms with van der Waals surface area (Å²) in [5.74, 6) is -1.10. The van der Waals surface area contributed by atoms with Gasteiger partial charge in [0.25, 0.3) is 0 Å². The molecule has 0 saturated heterocycles. The van der Waals surface area contributed by atoms with Gasteiger partial charge in [-0.2, -0.15) is 0 Å². The van der Waals surface area contributed by atoms with E-state index in [1.165, 1.54) is 0 Å². The number of hydrogen-bond acceptors (Lipinski definition) is 3. The number of hydrogen-bond donors (Lipinski definition) is 0. The molecule has 0 atom stereocenters. The van der Waals surface area contributed by atoms with E-state index in [9.17, 15) is 9.59 Å². The molecule has 0 amide bonds. The molecule has 2 rings (SSSR count). The van der Waals surface area contributed by atoms with Gasteiger partial charge in [-0.25, -0.2) is 9.59 Å².